The van der Waals surface area contributed by atoms with Gasteiger partial charge in [0.05, 0.1) is 4.08 Å². The van der Waals surface area contributed by atoms with Crippen molar-refractivity contribution in [2.45, 2.75) is 10.5 Å². The van der Waals surface area contributed by atoms with Gasteiger partial charge < -0.3 is 0 Å². The Kier molecular flexibility index (Phi) is 4.33. The highest BCUT2D eigenvalue weighted by atomic mass is 79.9. The van der Waals surface area contributed by atoms with Gasteiger partial charge in [-0.1, -0.05) is 39.7 Å². The summed E-state index contributed by atoms with van der Waals surface area (Å²) < 4.78 is 0.197. The molecule has 1 aliphatic rings. The standard InChI is InChI=1S/C11H12BrClS2/c12-8-11(14-6-1-7-15-11)9-2-4-10(13)5-3-9/h2-5H,1,6-8H2. The van der Waals surface area contributed by atoms with E-state index in [-0.39, 0.29) is 4.08 Å². The van der Waals surface area contributed by atoms with Crippen molar-refractivity contribution >= 4 is 51.1 Å². The Hall–Kier alpha value is 0.690. The van der Waals surface area contributed by atoms with Crippen LogP contribution in [0, 0.1) is 0 Å². The lowest BCUT2D eigenvalue weighted by molar-refractivity contribution is 0.981. The van der Waals surface area contributed by atoms with E-state index in [0.717, 1.165) is 10.4 Å². The minimum Gasteiger partial charge on any atom is -0.138 e. The second kappa shape index (κ2) is 5.35. The van der Waals surface area contributed by atoms with Crippen LogP contribution in [-0.2, 0) is 4.08 Å². The third-order valence-corrected chi connectivity index (χ3v) is 7.64. The summed E-state index contributed by atoms with van der Waals surface area (Å²) in [6.45, 7) is 0. The quantitative estimate of drug-likeness (QED) is 0.720. The molecule has 0 saturated carbocycles. The Labute approximate surface area is 113 Å². The zero-order chi connectivity index (χ0) is 10.7. The minimum atomic E-state index is 0.197. The number of hydrogen-bond acceptors (Lipinski definition) is 2. The molecule has 0 N–H and O–H groups in total. The molecule has 2 rings (SSSR count). The second-order valence-electron chi connectivity index (χ2n) is 3.44. The number of rotatable bonds is 2. The average molecular weight is 324 g/mol. The summed E-state index contributed by atoms with van der Waals surface area (Å²) in [6, 6.07) is 8.26. The topological polar surface area (TPSA) is 0 Å². The molecule has 15 heavy (non-hydrogen) atoms. The van der Waals surface area contributed by atoms with Crippen LogP contribution in [0.25, 0.3) is 0 Å². The van der Waals surface area contributed by atoms with E-state index < -0.39 is 0 Å². The molecule has 0 atom stereocenters. The molecule has 0 bridgehead atoms. The number of benzene rings is 1. The molecule has 0 nitrogen and oxygen atoms in total. The van der Waals surface area contributed by atoms with Gasteiger partial charge in [0, 0.05) is 10.4 Å². The van der Waals surface area contributed by atoms with Crippen molar-refractivity contribution in [1.29, 1.82) is 0 Å². The summed E-state index contributed by atoms with van der Waals surface area (Å²) >= 11 is 13.6. The summed E-state index contributed by atoms with van der Waals surface area (Å²) in [7, 11) is 0. The van der Waals surface area contributed by atoms with Crippen molar-refractivity contribution in [3.05, 3.63) is 34.9 Å². The lowest BCUT2D eigenvalue weighted by Crippen LogP contribution is -2.24. The molecule has 1 fully saturated rings. The summed E-state index contributed by atoms with van der Waals surface area (Å²) in [5, 5.41) is 1.81. The van der Waals surface area contributed by atoms with Gasteiger partial charge in [-0.3, -0.25) is 0 Å². The van der Waals surface area contributed by atoms with Gasteiger partial charge in [-0.25, -0.2) is 0 Å². The molecule has 0 radical (unpaired) electrons. The van der Waals surface area contributed by atoms with E-state index in [0.29, 0.717) is 0 Å². The maximum atomic E-state index is 5.91. The molecule has 1 aromatic carbocycles. The van der Waals surface area contributed by atoms with E-state index in [2.05, 4.69) is 28.1 Å². The van der Waals surface area contributed by atoms with Crippen LogP contribution in [0.2, 0.25) is 5.02 Å². The van der Waals surface area contributed by atoms with Crippen LogP contribution < -0.4 is 0 Å². The molecule has 0 spiro atoms. The van der Waals surface area contributed by atoms with Crippen LogP contribution in [0.3, 0.4) is 0 Å². The Morgan fingerprint density at radius 3 is 2.33 bits per heavy atom. The fourth-order valence-corrected chi connectivity index (χ4v) is 6.03. The Bertz CT molecular complexity index is 320. The fourth-order valence-electron chi connectivity index (χ4n) is 1.60. The van der Waals surface area contributed by atoms with Gasteiger partial charge in [0.2, 0.25) is 0 Å². The van der Waals surface area contributed by atoms with Crippen molar-refractivity contribution < 1.29 is 0 Å². The molecule has 82 valence electrons. The summed E-state index contributed by atoms with van der Waals surface area (Å²) in [6.07, 6.45) is 1.32. The fraction of sp³-hybridized carbons (Fsp3) is 0.455. The van der Waals surface area contributed by atoms with Crippen LogP contribution in [0.5, 0.6) is 0 Å². The van der Waals surface area contributed by atoms with E-state index in [9.17, 15) is 0 Å². The second-order valence-corrected chi connectivity index (χ2v) is 7.49. The van der Waals surface area contributed by atoms with E-state index in [1.165, 1.54) is 23.5 Å². The molecule has 0 unspecified atom stereocenters. The van der Waals surface area contributed by atoms with E-state index >= 15 is 0 Å². The maximum Gasteiger partial charge on any atom is 0.0956 e. The lowest BCUT2D eigenvalue weighted by atomic mass is 10.1. The van der Waals surface area contributed by atoms with Crippen molar-refractivity contribution in [2.75, 3.05) is 16.8 Å². The molecule has 4 heteroatoms. The van der Waals surface area contributed by atoms with Gasteiger partial charge in [0.15, 0.2) is 0 Å². The number of alkyl halides is 1. The summed E-state index contributed by atoms with van der Waals surface area (Å²) in [4.78, 5) is 0. The zero-order valence-corrected chi connectivity index (χ0v) is 12.2. The number of hydrogen-bond donors (Lipinski definition) is 0. The Balaban J connectivity index is 2.28. The van der Waals surface area contributed by atoms with Crippen LogP contribution in [0.1, 0.15) is 12.0 Å². The molecule has 0 aromatic heterocycles. The van der Waals surface area contributed by atoms with Gasteiger partial charge in [-0.15, -0.1) is 23.5 Å². The smallest absolute Gasteiger partial charge is 0.0956 e. The molecule has 1 aliphatic heterocycles. The minimum absolute atomic E-state index is 0.197. The SMILES string of the molecule is Clc1ccc(C2(CBr)SCCCS2)cc1. The average Bonchev–Trinajstić information content (AvgIpc) is 2.31. The number of halogens is 2. The Morgan fingerprint density at radius 2 is 1.80 bits per heavy atom. The van der Waals surface area contributed by atoms with Crippen molar-refractivity contribution in [3.63, 3.8) is 0 Å². The van der Waals surface area contributed by atoms with Crippen LogP contribution in [0.4, 0.5) is 0 Å². The van der Waals surface area contributed by atoms with Crippen LogP contribution >= 0.6 is 51.1 Å². The predicted octanol–water partition coefficient (Wildman–Crippen LogP) is 4.76. The molecule has 1 aromatic rings. The molecule has 1 saturated heterocycles. The first-order chi connectivity index (χ1) is 7.27. The highest BCUT2D eigenvalue weighted by Gasteiger charge is 2.34. The van der Waals surface area contributed by atoms with Gasteiger partial charge in [-0.05, 0) is 35.6 Å². The normalized spacial score (nSPS) is 20.1. The predicted molar refractivity (Wildman–Crippen MR) is 76.5 cm³/mol. The van der Waals surface area contributed by atoms with Gasteiger partial charge >= 0.3 is 0 Å². The van der Waals surface area contributed by atoms with Gasteiger partial charge in [0.25, 0.3) is 0 Å². The maximum absolute atomic E-state index is 5.91. The summed E-state index contributed by atoms with van der Waals surface area (Å²) in [5.41, 5.74) is 1.37. The van der Waals surface area contributed by atoms with E-state index in [1.807, 2.05) is 35.7 Å². The van der Waals surface area contributed by atoms with Crippen LogP contribution in [0.15, 0.2) is 24.3 Å². The zero-order valence-electron chi connectivity index (χ0n) is 8.21. The first-order valence-corrected chi connectivity index (χ1v) is 8.34. The molecular formula is C11H12BrClS2. The summed E-state index contributed by atoms with van der Waals surface area (Å²) in [5.74, 6) is 2.50. The third-order valence-electron chi connectivity index (χ3n) is 2.42. The number of thioether (sulfide) groups is 2. The monoisotopic (exact) mass is 322 g/mol. The van der Waals surface area contributed by atoms with E-state index in [1.54, 1.807) is 0 Å². The van der Waals surface area contributed by atoms with Crippen molar-refractivity contribution in [3.8, 4) is 0 Å². The van der Waals surface area contributed by atoms with Gasteiger partial charge in [0.1, 0.15) is 0 Å². The first kappa shape index (κ1) is 12.2. The molecule has 0 aliphatic carbocycles. The van der Waals surface area contributed by atoms with Crippen molar-refractivity contribution in [1.82, 2.24) is 0 Å². The van der Waals surface area contributed by atoms with Crippen LogP contribution in [-0.4, -0.2) is 16.8 Å². The molecular weight excluding hydrogens is 312 g/mol. The van der Waals surface area contributed by atoms with Gasteiger partial charge in [-0.2, -0.15) is 0 Å². The third kappa shape index (κ3) is 2.68. The largest absolute Gasteiger partial charge is 0.138 e. The molecule has 0 amide bonds. The highest BCUT2D eigenvalue weighted by Crippen LogP contribution is 2.51. The highest BCUT2D eigenvalue weighted by molar-refractivity contribution is 9.09. The first-order valence-electron chi connectivity index (χ1n) is 4.87. The van der Waals surface area contributed by atoms with E-state index in [4.69, 9.17) is 11.6 Å². The van der Waals surface area contributed by atoms with Crippen molar-refractivity contribution in [2.24, 2.45) is 0 Å². The lowest BCUT2D eigenvalue weighted by Gasteiger charge is -2.35. The Morgan fingerprint density at radius 1 is 1.20 bits per heavy atom. The molecule has 1 heterocycles.